The summed E-state index contributed by atoms with van der Waals surface area (Å²) in [6.45, 7) is 8.40. The van der Waals surface area contributed by atoms with Gasteiger partial charge in [0.05, 0.1) is 11.6 Å². The molecule has 0 amide bonds. The van der Waals surface area contributed by atoms with Crippen molar-refractivity contribution in [2.75, 3.05) is 19.5 Å². The van der Waals surface area contributed by atoms with Crippen LogP contribution in [0.4, 0.5) is 0 Å². The van der Waals surface area contributed by atoms with Gasteiger partial charge in [0.25, 0.3) is 0 Å². The van der Waals surface area contributed by atoms with Gasteiger partial charge in [-0.25, -0.2) is 0 Å². The molecule has 0 fully saturated rings. The van der Waals surface area contributed by atoms with Crippen LogP contribution in [0.5, 0.6) is 0 Å². The highest BCUT2D eigenvalue weighted by molar-refractivity contribution is 6.30. The Kier molecular flexibility index (Phi) is 11.4. The van der Waals surface area contributed by atoms with Gasteiger partial charge in [-0.05, 0) is 24.8 Å². The first-order chi connectivity index (χ1) is 9.69. The normalized spacial score (nSPS) is 15.4. The van der Waals surface area contributed by atoms with Crippen molar-refractivity contribution in [1.82, 2.24) is 5.32 Å². The highest BCUT2D eigenvalue weighted by Crippen LogP contribution is 2.10. The summed E-state index contributed by atoms with van der Waals surface area (Å²) < 4.78 is 0. The summed E-state index contributed by atoms with van der Waals surface area (Å²) in [5, 5.41) is 3.04. The lowest BCUT2D eigenvalue weighted by Gasteiger charge is -2.07. The lowest BCUT2D eigenvalue weighted by molar-refractivity contribution is 0.884. The van der Waals surface area contributed by atoms with E-state index in [1.165, 1.54) is 0 Å². The zero-order valence-corrected chi connectivity index (χ0v) is 13.3. The van der Waals surface area contributed by atoms with Crippen LogP contribution in [0, 0.1) is 5.92 Å². The van der Waals surface area contributed by atoms with Crippen molar-refractivity contribution in [2.45, 2.75) is 13.8 Å². The molecule has 0 spiro atoms. The SMILES string of the molecule is C=CNCC=C(C=NC)C(C)C=CN=C(/C=C\C)CCl. The molecule has 20 heavy (non-hydrogen) atoms. The molecule has 0 rings (SSSR count). The summed E-state index contributed by atoms with van der Waals surface area (Å²) in [5.74, 6) is 0.641. The molecule has 0 saturated heterocycles. The Labute approximate surface area is 127 Å². The zero-order chi connectivity index (χ0) is 15.2. The summed E-state index contributed by atoms with van der Waals surface area (Å²) in [6.07, 6.45) is 13.3. The summed E-state index contributed by atoms with van der Waals surface area (Å²) in [7, 11) is 1.76. The van der Waals surface area contributed by atoms with Gasteiger partial charge in [-0.15, -0.1) is 11.6 Å². The van der Waals surface area contributed by atoms with E-state index in [1.807, 2.05) is 31.4 Å². The summed E-state index contributed by atoms with van der Waals surface area (Å²) in [6, 6.07) is 0. The van der Waals surface area contributed by atoms with Gasteiger partial charge in [0.15, 0.2) is 0 Å². The molecule has 4 heteroatoms. The third kappa shape index (κ3) is 8.48. The Balaban J connectivity index is 4.78. The highest BCUT2D eigenvalue weighted by Gasteiger charge is 2.01. The van der Waals surface area contributed by atoms with Crippen LogP contribution in [0.25, 0.3) is 0 Å². The number of halogens is 1. The van der Waals surface area contributed by atoms with Crippen LogP contribution >= 0.6 is 11.6 Å². The fourth-order valence-corrected chi connectivity index (χ4v) is 1.62. The molecule has 0 bridgehead atoms. The standard InChI is InChI=1S/C16H24ClN3/c1-5-7-16(12-17)20-11-8-14(3)15(13-18-4)9-10-19-6-2/h5-9,11,13-14,19H,2,10,12H2,1,3-4H3/b7-5-,11-8?,15-9?,18-13?,20-16?. The van der Waals surface area contributed by atoms with Crippen molar-refractivity contribution in [1.29, 1.82) is 0 Å². The lowest BCUT2D eigenvalue weighted by Crippen LogP contribution is -2.07. The van der Waals surface area contributed by atoms with Gasteiger partial charge in [-0.1, -0.05) is 31.7 Å². The van der Waals surface area contributed by atoms with E-state index in [-0.39, 0.29) is 5.92 Å². The van der Waals surface area contributed by atoms with E-state index >= 15 is 0 Å². The first-order valence-corrected chi connectivity index (χ1v) is 7.11. The topological polar surface area (TPSA) is 36.8 Å². The number of allylic oxidation sites excluding steroid dienone is 4. The van der Waals surface area contributed by atoms with Crippen LogP contribution in [0.2, 0.25) is 0 Å². The van der Waals surface area contributed by atoms with Crippen molar-refractivity contribution < 1.29 is 0 Å². The van der Waals surface area contributed by atoms with Gasteiger partial charge in [0, 0.05) is 31.9 Å². The molecule has 3 nitrogen and oxygen atoms in total. The van der Waals surface area contributed by atoms with Gasteiger partial charge < -0.3 is 5.32 Å². The molecule has 1 unspecified atom stereocenters. The molecule has 0 radical (unpaired) electrons. The average molecular weight is 294 g/mol. The summed E-state index contributed by atoms with van der Waals surface area (Å²) in [4.78, 5) is 8.40. The summed E-state index contributed by atoms with van der Waals surface area (Å²) >= 11 is 5.79. The minimum atomic E-state index is 0.233. The molecule has 1 atom stereocenters. The highest BCUT2D eigenvalue weighted by atomic mass is 35.5. The summed E-state index contributed by atoms with van der Waals surface area (Å²) in [5.41, 5.74) is 1.98. The molecule has 0 aliphatic heterocycles. The fourth-order valence-electron chi connectivity index (χ4n) is 1.46. The smallest absolute Gasteiger partial charge is 0.0647 e. The maximum atomic E-state index is 5.79. The maximum absolute atomic E-state index is 5.79. The van der Waals surface area contributed by atoms with E-state index < -0.39 is 0 Å². The lowest BCUT2D eigenvalue weighted by atomic mass is 10.0. The van der Waals surface area contributed by atoms with Gasteiger partial charge in [0.1, 0.15) is 0 Å². The van der Waals surface area contributed by atoms with Crippen LogP contribution in [0.3, 0.4) is 0 Å². The monoisotopic (exact) mass is 293 g/mol. The molecule has 0 aliphatic rings. The van der Waals surface area contributed by atoms with Gasteiger partial charge in [0.2, 0.25) is 0 Å². The Morgan fingerprint density at radius 3 is 2.75 bits per heavy atom. The molecular formula is C16H24ClN3. The predicted molar refractivity (Wildman–Crippen MR) is 92.0 cm³/mol. The molecule has 0 heterocycles. The second-order valence-electron chi connectivity index (χ2n) is 4.09. The second kappa shape index (κ2) is 12.4. The Hall–Kier alpha value is -1.61. The Morgan fingerprint density at radius 2 is 2.20 bits per heavy atom. The van der Waals surface area contributed by atoms with Crippen molar-refractivity contribution >= 4 is 23.5 Å². The molecule has 0 saturated carbocycles. The third-order valence-corrected chi connectivity index (χ3v) is 2.79. The van der Waals surface area contributed by atoms with E-state index in [0.717, 1.165) is 17.8 Å². The third-order valence-electron chi connectivity index (χ3n) is 2.51. The van der Waals surface area contributed by atoms with E-state index in [1.54, 1.807) is 19.4 Å². The number of nitrogens with one attached hydrogen (secondary N) is 1. The van der Waals surface area contributed by atoms with Crippen molar-refractivity contribution in [3.63, 3.8) is 0 Å². The average Bonchev–Trinajstić information content (AvgIpc) is 2.45. The van der Waals surface area contributed by atoms with Crippen LogP contribution in [-0.2, 0) is 0 Å². The van der Waals surface area contributed by atoms with Gasteiger partial charge in [-0.2, -0.15) is 0 Å². The molecule has 110 valence electrons. The number of alkyl halides is 1. The van der Waals surface area contributed by atoms with Crippen molar-refractivity contribution in [3.8, 4) is 0 Å². The van der Waals surface area contributed by atoms with Crippen molar-refractivity contribution in [2.24, 2.45) is 15.9 Å². The van der Waals surface area contributed by atoms with E-state index in [9.17, 15) is 0 Å². The van der Waals surface area contributed by atoms with Crippen LogP contribution in [0.1, 0.15) is 13.8 Å². The minimum absolute atomic E-state index is 0.233. The zero-order valence-electron chi connectivity index (χ0n) is 12.5. The second-order valence-corrected chi connectivity index (χ2v) is 4.36. The number of hydrogen-bond acceptors (Lipinski definition) is 3. The number of aliphatic imine (C=N–C) groups is 2. The number of nitrogens with zero attached hydrogens (tertiary/aromatic N) is 2. The number of hydrogen-bond donors (Lipinski definition) is 1. The Morgan fingerprint density at radius 1 is 1.45 bits per heavy atom. The van der Waals surface area contributed by atoms with Crippen LogP contribution < -0.4 is 5.32 Å². The molecule has 0 aromatic heterocycles. The Bertz CT molecular complexity index is 417. The predicted octanol–water partition coefficient (Wildman–Crippen LogP) is 3.75. The fraction of sp³-hybridized carbons (Fsp3) is 0.375. The van der Waals surface area contributed by atoms with E-state index in [2.05, 4.69) is 34.9 Å². The minimum Gasteiger partial charge on any atom is -0.388 e. The molecule has 0 aromatic rings. The van der Waals surface area contributed by atoms with Gasteiger partial charge in [-0.3, -0.25) is 9.98 Å². The van der Waals surface area contributed by atoms with Gasteiger partial charge >= 0.3 is 0 Å². The molecular weight excluding hydrogens is 270 g/mol. The maximum Gasteiger partial charge on any atom is 0.0647 e. The van der Waals surface area contributed by atoms with Crippen molar-refractivity contribution in [3.05, 3.63) is 48.9 Å². The van der Waals surface area contributed by atoms with E-state index in [0.29, 0.717) is 5.88 Å². The quantitative estimate of drug-likeness (QED) is 0.392. The molecule has 0 aliphatic carbocycles. The van der Waals surface area contributed by atoms with Crippen LogP contribution in [0.15, 0.2) is 58.8 Å². The number of rotatable bonds is 9. The van der Waals surface area contributed by atoms with E-state index in [4.69, 9.17) is 11.6 Å². The largest absolute Gasteiger partial charge is 0.388 e. The first kappa shape index (κ1) is 18.4. The first-order valence-electron chi connectivity index (χ1n) is 6.58. The van der Waals surface area contributed by atoms with Crippen LogP contribution in [-0.4, -0.2) is 31.4 Å². The molecule has 1 N–H and O–H groups in total. The molecule has 0 aromatic carbocycles.